The van der Waals surface area contributed by atoms with Crippen LogP contribution in [0.1, 0.15) is 5.56 Å². The maximum Gasteiger partial charge on any atom is 0.270 e. The normalized spacial score (nSPS) is 19.1. The number of nitrogens with one attached hydrogen (secondary N) is 3. The molecule has 208 valence electrons. The summed E-state index contributed by atoms with van der Waals surface area (Å²) in [6.45, 7) is 1.98. The third-order valence-electron chi connectivity index (χ3n) is 6.76. The number of rotatable bonds is 6. The number of anilines is 2. The number of hydrogen-bond donors (Lipinski definition) is 3. The quantitative estimate of drug-likeness (QED) is 0.224. The standard InChI is InChI=1S/C32H25N5O4S/c1-20-10-12-21(13-11-20)33-28-25(30(39)36-18-6-5-9-27(36)34-28)19-26-29(38)35-32(42)37(31(26)40)22-14-16-24(17-15-22)41-23-7-3-2-4-8-23/h2-19,27,33-34H,1H3,(H,35,38,42)/b26-19+. The van der Waals surface area contributed by atoms with Crippen LogP contribution in [0.2, 0.25) is 0 Å². The molecule has 0 bridgehead atoms. The van der Waals surface area contributed by atoms with Gasteiger partial charge in [-0.3, -0.25) is 29.5 Å². The Morgan fingerprint density at radius 3 is 2.33 bits per heavy atom. The van der Waals surface area contributed by atoms with Crippen molar-refractivity contribution in [1.82, 2.24) is 15.5 Å². The first-order valence-electron chi connectivity index (χ1n) is 13.1. The average Bonchev–Trinajstić information content (AvgIpc) is 2.99. The van der Waals surface area contributed by atoms with E-state index in [2.05, 4.69) is 16.0 Å². The highest BCUT2D eigenvalue weighted by Gasteiger charge is 2.38. The molecule has 6 rings (SSSR count). The molecule has 42 heavy (non-hydrogen) atoms. The molecule has 1 atom stereocenters. The van der Waals surface area contributed by atoms with Crippen molar-refractivity contribution in [1.29, 1.82) is 0 Å². The van der Waals surface area contributed by atoms with Crippen LogP contribution in [0.3, 0.4) is 0 Å². The highest BCUT2D eigenvalue weighted by molar-refractivity contribution is 7.80. The fourth-order valence-corrected chi connectivity index (χ4v) is 4.90. The van der Waals surface area contributed by atoms with Gasteiger partial charge in [0.05, 0.1) is 11.3 Å². The van der Waals surface area contributed by atoms with Gasteiger partial charge in [0.25, 0.3) is 17.7 Å². The number of hydrogen-bond acceptors (Lipinski definition) is 7. The molecule has 3 heterocycles. The fraction of sp³-hybridized carbons (Fsp3) is 0.0625. The van der Waals surface area contributed by atoms with Crippen LogP contribution in [0.15, 0.2) is 126 Å². The van der Waals surface area contributed by atoms with Crippen molar-refractivity contribution >= 4 is 46.4 Å². The van der Waals surface area contributed by atoms with Crippen LogP contribution >= 0.6 is 12.2 Å². The topological polar surface area (TPSA) is 103 Å². The fourth-order valence-electron chi connectivity index (χ4n) is 4.62. The molecular weight excluding hydrogens is 550 g/mol. The van der Waals surface area contributed by atoms with Crippen LogP contribution in [0.25, 0.3) is 0 Å². The third-order valence-corrected chi connectivity index (χ3v) is 7.05. The molecule has 0 spiro atoms. The number of nitrogens with zero attached hydrogens (tertiary/aromatic N) is 2. The maximum atomic E-state index is 13.8. The molecule has 3 aromatic carbocycles. The van der Waals surface area contributed by atoms with Crippen LogP contribution in [-0.2, 0) is 14.4 Å². The SMILES string of the molecule is Cc1ccc(NC2=C(/C=C3\C(=O)NC(=S)N(c4ccc(Oc5ccccc5)cc4)C3=O)C(=O)N3C=CC=CC3N2)cc1. The maximum absolute atomic E-state index is 13.8. The zero-order chi connectivity index (χ0) is 29.2. The van der Waals surface area contributed by atoms with Crippen LogP contribution in [-0.4, -0.2) is 33.9 Å². The summed E-state index contributed by atoms with van der Waals surface area (Å²) >= 11 is 5.36. The summed E-state index contributed by atoms with van der Waals surface area (Å²) in [6, 6.07) is 23.7. The summed E-state index contributed by atoms with van der Waals surface area (Å²) in [5.74, 6) is -0.149. The number of benzene rings is 3. The van der Waals surface area contributed by atoms with Crippen molar-refractivity contribution in [3.63, 3.8) is 0 Å². The van der Waals surface area contributed by atoms with E-state index in [0.717, 1.165) is 11.3 Å². The highest BCUT2D eigenvalue weighted by Crippen LogP contribution is 2.29. The van der Waals surface area contributed by atoms with E-state index in [-0.39, 0.29) is 22.2 Å². The van der Waals surface area contributed by atoms with Crippen molar-refractivity contribution in [2.75, 3.05) is 10.2 Å². The van der Waals surface area contributed by atoms with Gasteiger partial charge in [-0.2, -0.15) is 0 Å². The van der Waals surface area contributed by atoms with Crippen LogP contribution in [0.4, 0.5) is 11.4 Å². The molecule has 0 radical (unpaired) electrons. The van der Waals surface area contributed by atoms with E-state index < -0.39 is 18.0 Å². The molecule has 3 N–H and O–H groups in total. The molecule has 9 nitrogen and oxygen atoms in total. The van der Waals surface area contributed by atoms with E-state index in [1.165, 1.54) is 15.9 Å². The summed E-state index contributed by atoms with van der Waals surface area (Å²) < 4.78 is 5.85. The Hall–Kier alpha value is -5.48. The van der Waals surface area contributed by atoms with E-state index in [1.54, 1.807) is 36.5 Å². The van der Waals surface area contributed by atoms with E-state index >= 15 is 0 Å². The summed E-state index contributed by atoms with van der Waals surface area (Å²) in [5.41, 5.74) is 2.12. The number of allylic oxidation sites excluding steroid dienone is 2. The van der Waals surface area contributed by atoms with E-state index in [9.17, 15) is 14.4 Å². The summed E-state index contributed by atoms with van der Waals surface area (Å²) in [4.78, 5) is 43.2. The van der Waals surface area contributed by atoms with Gasteiger partial charge in [0.1, 0.15) is 29.1 Å². The Balaban J connectivity index is 1.34. The number of carbonyl (C=O) groups excluding carboxylic acids is 3. The molecule has 0 aromatic heterocycles. The summed E-state index contributed by atoms with van der Waals surface area (Å²) in [7, 11) is 0. The molecular formula is C32H25N5O4S. The second-order valence-electron chi connectivity index (χ2n) is 9.67. The predicted octanol–water partition coefficient (Wildman–Crippen LogP) is 4.63. The van der Waals surface area contributed by atoms with Crippen molar-refractivity contribution in [3.8, 4) is 11.5 Å². The highest BCUT2D eigenvalue weighted by atomic mass is 32.1. The van der Waals surface area contributed by atoms with Crippen LogP contribution < -0.4 is 25.6 Å². The van der Waals surface area contributed by atoms with Crippen molar-refractivity contribution in [2.24, 2.45) is 0 Å². The lowest BCUT2D eigenvalue weighted by molar-refractivity contribution is -0.126. The molecule has 3 amide bonds. The monoisotopic (exact) mass is 575 g/mol. The minimum absolute atomic E-state index is 0.0666. The Labute approximate surface area is 247 Å². The Morgan fingerprint density at radius 2 is 1.60 bits per heavy atom. The predicted molar refractivity (Wildman–Crippen MR) is 163 cm³/mol. The molecule has 3 aliphatic rings. The summed E-state index contributed by atoms with van der Waals surface area (Å²) in [6.07, 6.45) is 7.92. The number of thiocarbonyl (C=S) groups is 1. The lowest BCUT2D eigenvalue weighted by atomic mass is 10.0. The average molecular weight is 576 g/mol. The molecule has 10 heteroatoms. The lowest BCUT2D eigenvalue weighted by Crippen LogP contribution is -2.55. The minimum Gasteiger partial charge on any atom is -0.457 e. The molecule has 0 saturated carbocycles. The molecule has 1 saturated heterocycles. The molecule has 3 aliphatic heterocycles. The van der Waals surface area contributed by atoms with Gasteiger partial charge in [0.15, 0.2) is 5.11 Å². The molecule has 1 fully saturated rings. The molecule has 1 unspecified atom stereocenters. The summed E-state index contributed by atoms with van der Waals surface area (Å²) in [5, 5.41) is 9.04. The van der Waals surface area contributed by atoms with E-state index in [1.807, 2.05) is 73.7 Å². The zero-order valence-corrected chi connectivity index (χ0v) is 23.2. The third kappa shape index (κ3) is 5.30. The molecule has 3 aromatic rings. The van der Waals surface area contributed by atoms with Crippen molar-refractivity contribution in [3.05, 3.63) is 132 Å². The number of ether oxygens (including phenoxy) is 1. The Bertz CT molecular complexity index is 1710. The number of para-hydroxylation sites is 1. The zero-order valence-electron chi connectivity index (χ0n) is 22.4. The van der Waals surface area contributed by atoms with Gasteiger partial charge in [-0.1, -0.05) is 42.0 Å². The number of carbonyl (C=O) groups is 3. The Kier molecular flexibility index (Phi) is 7.12. The number of aryl methyl sites for hydroxylation is 1. The van der Waals surface area contributed by atoms with Gasteiger partial charge >= 0.3 is 0 Å². The van der Waals surface area contributed by atoms with Crippen molar-refractivity contribution in [2.45, 2.75) is 13.1 Å². The van der Waals surface area contributed by atoms with Gasteiger partial charge in [-0.05, 0) is 85.9 Å². The second-order valence-corrected chi connectivity index (χ2v) is 10.1. The first-order chi connectivity index (χ1) is 20.4. The first-order valence-corrected chi connectivity index (χ1v) is 13.5. The molecule has 0 aliphatic carbocycles. The van der Waals surface area contributed by atoms with Crippen LogP contribution in [0, 0.1) is 6.92 Å². The van der Waals surface area contributed by atoms with Gasteiger partial charge in [-0.15, -0.1) is 0 Å². The van der Waals surface area contributed by atoms with E-state index in [0.29, 0.717) is 23.0 Å². The first kappa shape index (κ1) is 26.7. The number of fused-ring (bicyclic) bond motifs is 1. The smallest absolute Gasteiger partial charge is 0.270 e. The van der Waals surface area contributed by atoms with Gasteiger partial charge in [-0.25, -0.2) is 0 Å². The minimum atomic E-state index is -0.698. The Morgan fingerprint density at radius 1 is 0.881 bits per heavy atom. The van der Waals surface area contributed by atoms with Gasteiger partial charge in [0.2, 0.25) is 0 Å². The lowest BCUT2D eigenvalue weighted by Gasteiger charge is -2.36. The number of amides is 3. The van der Waals surface area contributed by atoms with E-state index in [4.69, 9.17) is 17.0 Å². The largest absolute Gasteiger partial charge is 0.457 e. The van der Waals surface area contributed by atoms with Crippen LogP contribution in [0.5, 0.6) is 11.5 Å². The second kappa shape index (κ2) is 11.2. The van der Waals surface area contributed by atoms with Gasteiger partial charge in [0, 0.05) is 11.9 Å². The van der Waals surface area contributed by atoms with Crippen molar-refractivity contribution < 1.29 is 19.1 Å². The van der Waals surface area contributed by atoms with Gasteiger partial charge < -0.3 is 15.4 Å².